The molecule has 0 aliphatic heterocycles. The second kappa shape index (κ2) is 7.71. The lowest BCUT2D eigenvalue weighted by Crippen LogP contribution is -2.18. The van der Waals surface area contributed by atoms with Crippen molar-refractivity contribution in [2.75, 3.05) is 0 Å². The summed E-state index contributed by atoms with van der Waals surface area (Å²) in [5.74, 6) is -1.35. The van der Waals surface area contributed by atoms with E-state index in [1.807, 2.05) is 0 Å². The zero-order valence-electron chi connectivity index (χ0n) is 15.2. The predicted molar refractivity (Wildman–Crippen MR) is 99.5 cm³/mol. The van der Waals surface area contributed by atoms with Crippen molar-refractivity contribution in [3.8, 4) is 22.4 Å². The van der Waals surface area contributed by atoms with Gasteiger partial charge in [-0.3, -0.25) is 9.48 Å². The van der Waals surface area contributed by atoms with Crippen molar-refractivity contribution in [2.24, 2.45) is 12.8 Å². The van der Waals surface area contributed by atoms with Gasteiger partial charge in [-0.25, -0.2) is 0 Å². The summed E-state index contributed by atoms with van der Waals surface area (Å²) in [6, 6.07) is 11.5. The molecule has 3 rings (SSSR count). The van der Waals surface area contributed by atoms with Crippen molar-refractivity contribution in [3.05, 3.63) is 59.8 Å². The van der Waals surface area contributed by atoms with E-state index in [9.17, 15) is 31.1 Å². The summed E-state index contributed by atoms with van der Waals surface area (Å²) in [5.41, 5.74) is -1.47. The van der Waals surface area contributed by atoms with Gasteiger partial charge < -0.3 is 5.73 Å². The second-order valence-electron chi connectivity index (χ2n) is 6.15. The molecular weight excluding hydrogens is 432 g/mol. The normalized spacial score (nSPS) is 12.2. The number of nitrogens with zero attached hydrogens (tertiary/aromatic N) is 2. The fourth-order valence-electron chi connectivity index (χ4n) is 3.09. The first-order valence-electron chi connectivity index (χ1n) is 8.28. The predicted octanol–water partition coefficient (Wildman–Crippen LogP) is 5.48. The van der Waals surface area contributed by atoms with Crippen LogP contribution >= 0.6 is 11.8 Å². The summed E-state index contributed by atoms with van der Waals surface area (Å²) in [5, 5.41) is 3.40. The number of thioether (sulfide) groups is 1. The van der Waals surface area contributed by atoms with Crippen LogP contribution in [0.5, 0.6) is 0 Å². The number of hydrogen-bond acceptors (Lipinski definition) is 3. The lowest BCUT2D eigenvalue weighted by Gasteiger charge is -2.15. The molecule has 3 aromatic rings. The number of nitrogens with two attached hydrogens (primary N) is 1. The highest BCUT2D eigenvalue weighted by Gasteiger charge is 2.41. The standard InChI is InChI=1S/C19H13F6N3OS/c1-28-15(14(17(26)29)16(27-28)18(20,21)22)12-8-3-2-6-10(12)11-7-4-5-9-13(11)30-19(23,24)25/h2-9H,1H3,(H2,26,29). The molecule has 0 aliphatic carbocycles. The number of halogens is 6. The van der Waals surface area contributed by atoms with E-state index in [2.05, 4.69) is 5.10 Å². The Bertz CT molecular complexity index is 1100. The van der Waals surface area contributed by atoms with Crippen LogP contribution in [0, 0.1) is 0 Å². The number of amides is 1. The smallest absolute Gasteiger partial charge is 0.365 e. The Morgan fingerprint density at radius 1 is 0.933 bits per heavy atom. The van der Waals surface area contributed by atoms with E-state index >= 15 is 0 Å². The van der Waals surface area contributed by atoms with E-state index in [4.69, 9.17) is 5.73 Å². The molecule has 30 heavy (non-hydrogen) atoms. The van der Waals surface area contributed by atoms with Crippen LogP contribution in [0.2, 0.25) is 0 Å². The number of hydrogen-bond donors (Lipinski definition) is 1. The molecule has 2 N–H and O–H groups in total. The molecule has 4 nitrogen and oxygen atoms in total. The van der Waals surface area contributed by atoms with E-state index in [1.54, 1.807) is 0 Å². The molecule has 1 aromatic heterocycles. The van der Waals surface area contributed by atoms with Crippen LogP contribution < -0.4 is 5.73 Å². The van der Waals surface area contributed by atoms with Crippen LogP contribution in [0.4, 0.5) is 26.3 Å². The van der Waals surface area contributed by atoms with Crippen molar-refractivity contribution in [1.82, 2.24) is 9.78 Å². The fourth-order valence-corrected chi connectivity index (χ4v) is 3.78. The van der Waals surface area contributed by atoms with Crippen LogP contribution in [0.15, 0.2) is 53.4 Å². The average molecular weight is 445 g/mol. The minimum Gasteiger partial charge on any atom is -0.365 e. The van der Waals surface area contributed by atoms with Gasteiger partial charge in [0.1, 0.15) is 0 Å². The van der Waals surface area contributed by atoms with Gasteiger partial charge in [0.15, 0.2) is 5.69 Å². The number of carbonyl (C=O) groups is 1. The van der Waals surface area contributed by atoms with Gasteiger partial charge in [-0.05, 0) is 29.0 Å². The Morgan fingerprint density at radius 3 is 2.00 bits per heavy atom. The molecule has 0 bridgehead atoms. The molecule has 1 heterocycles. The Hall–Kier alpha value is -2.95. The van der Waals surface area contributed by atoms with Crippen molar-refractivity contribution in [1.29, 1.82) is 0 Å². The minimum atomic E-state index is -4.95. The lowest BCUT2D eigenvalue weighted by atomic mass is 9.95. The molecule has 0 radical (unpaired) electrons. The van der Waals surface area contributed by atoms with Gasteiger partial charge in [-0.15, -0.1) is 0 Å². The maximum atomic E-state index is 13.4. The summed E-state index contributed by atoms with van der Waals surface area (Å²) >= 11 is -0.344. The highest BCUT2D eigenvalue weighted by Crippen LogP contribution is 2.45. The van der Waals surface area contributed by atoms with Crippen LogP contribution in [-0.2, 0) is 13.2 Å². The summed E-state index contributed by atoms with van der Waals surface area (Å²) in [6.45, 7) is 0. The Labute approximate surface area is 170 Å². The summed E-state index contributed by atoms with van der Waals surface area (Å²) in [4.78, 5) is 11.8. The molecule has 0 spiro atoms. The minimum absolute atomic E-state index is 0.0898. The maximum Gasteiger partial charge on any atom is 0.446 e. The number of rotatable bonds is 4. The van der Waals surface area contributed by atoms with Gasteiger partial charge >= 0.3 is 11.7 Å². The molecule has 1 amide bonds. The van der Waals surface area contributed by atoms with Gasteiger partial charge in [0.05, 0.1) is 11.3 Å². The summed E-state index contributed by atoms with van der Waals surface area (Å²) in [7, 11) is 1.20. The molecular formula is C19H13F6N3OS. The van der Waals surface area contributed by atoms with E-state index in [0.29, 0.717) is 0 Å². The Morgan fingerprint density at radius 2 is 1.47 bits per heavy atom. The molecule has 0 saturated heterocycles. The number of carbonyl (C=O) groups excluding carboxylic acids is 1. The van der Waals surface area contributed by atoms with Crippen molar-refractivity contribution < 1.29 is 31.1 Å². The van der Waals surface area contributed by atoms with Crippen molar-refractivity contribution in [3.63, 3.8) is 0 Å². The molecule has 0 fully saturated rings. The molecule has 0 saturated carbocycles. The van der Waals surface area contributed by atoms with E-state index in [0.717, 1.165) is 4.68 Å². The highest BCUT2D eigenvalue weighted by atomic mass is 32.2. The monoisotopic (exact) mass is 445 g/mol. The molecule has 11 heteroatoms. The van der Waals surface area contributed by atoms with E-state index in [-0.39, 0.29) is 39.0 Å². The fraction of sp³-hybridized carbons (Fsp3) is 0.158. The van der Waals surface area contributed by atoms with E-state index < -0.39 is 28.8 Å². The van der Waals surface area contributed by atoms with Crippen LogP contribution in [-0.4, -0.2) is 21.2 Å². The molecule has 2 aromatic carbocycles. The van der Waals surface area contributed by atoms with Crippen LogP contribution in [0.3, 0.4) is 0 Å². The van der Waals surface area contributed by atoms with Gasteiger partial charge in [0.2, 0.25) is 0 Å². The number of aromatic nitrogens is 2. The maximum absolute atomic E-state index is 13.4. The van der Waals surface area contributed by atoms with E-state index in [1.165, 1.54) is 55.6 Å². The average Bonchev–Trinajstić information content (AvgIpc) is 2.99. The summed E-state index contributed by atoms with van der Waals surface area (Å²) < 4.78 is 80.0. The highest BCUT2D eigenvalue weighted by molar-refractivity contribution is 8.00. The molecule has 0 aliphatic rings. The number of primary amides is 1. The third kappa shape index (κ3) is 4.30. The lowest BCUT2D eigenvalue weighted by molar-refractivity contribution is -0.141. The van der Waals surface area contributed by atoms with Crippen LogP contribution in [0.1, 0.15) is 16.1 Å². The number of benzene rings is 2. The number of aryl methyl sites for hydroxylation is 1. The molecule has 0 unspecified atom stereocenters. The van der Waals surface area contributed by atoms with Crippen LogP contribution in [0.25, 0.3) is 22.4 Å². The second-order valence-corrected chi connectivity index (χ2v) is 7.25. The zero-order chi connectivity index (χ0) is 22.3. The first kappa shape index (κ1) is 21.8. The molecule has 158 valence electrons. The Balaban J connectivity index is 2.30. The van der Waals surface area contributed by atoms with Crippen molar-refractivity contribution in [2.45, 2.75) is 16.6 Å². The van der Waals surface area contributed by atoms with Gasteiger partial charge in [-0.2, -0.15) is 31.4 Å². The first-order chi connectivity index (χ1) is 13.9. The largest absolute Gasteiger partial charge is 0.446 e. The topological polar surface area (TPSA) is 60.9 Å². The Kier molecular flexibility index (Phi) is 5.59. The third-order valence-corrected chi connectivity index (χ3v) is 4.95. The van der Waals surface area contributed by atoms with Gasteiger partial charge in [-0.1, -0.05) is 42.5 Å². The SMILES string of the molecule is Cn1nc(C(F)(F)F)c(C(N)=O)c1-c1ccccc1-c1ccccc1SC(F)(F)F. The summed E-state index contributed by atoms with van der Waals surface area (Å²) in [6.07, 6.45) is -4.95. The number of alkyl halides is 6. The first-order valence-corrected chi connectivity index (χ1v) is 9.10. The quantitative estimate of drug-likeness (QED) is 0.427. The van der Waals surface area contributed by atoms with Gasteiger partial charge in [0, 0.05) is 17.5 Å². The zero-order valence-corrected chi connectivity index (χ0v) is 16.0. The third-order valence-electron chi connectivity index (χ3n) is 4.15. The van der Waals surface area contributed by atoms with Crippen molar-refractivity contribution >= 4 is 17.7 Å². The molecule has 0 atom stereocenters. The van der Waals surface area contributed by atoms with Gasteiger partial charge in [0.25, 0.3) is 5.91 Å².